The molecular formula is C19H24N2O5S. The molecule has 0 bridgehead atoms. The summed E-state index contributed by atoms with van der Waals surface area (Å²) in [5.74, 6) is 0.342. The molecule has 0 heterocycles. The molecule has 0 radical (unpaired) electrons. The second kappa shape index (κ2) is 9.50. The van der Waals surface area contributed by atoms with Crippen molar-refractivity contribution in [1.29, 1.82) is 0 Å². The number of sulfonamides is 1. The van der Waals surface area contributed by atoms with Crippen LogP contribution in [0, 0.1) is 0 Å². The molecule has 27 heavy (non-hydrogen) atoms. The third-order valence-electron chi connectivity index (χ3n) is 3.78. The van der Waals surface area contributed by atoms with Crippen LogP contribution >= 0.6 is 0 Å². The first-order chi connectivity index (χ1) is 12.8. The molecule has 8 heteroatoms. The molecule has 0 aromatic heterocycles. The Bertz CT molecular complexity index is 881. The smallest absolute Gasteiger partial charge is 0.251 e. The summed E-state index contributed by atoms with van der Waals surface area (Å²) in [6.07, 6.45) is 0. The van der Waals surface area contributed by atoms with E-state index in [1.807, 2.05) is 24.3 Å². The standard InChI is InChI=1S/C19H24N2O5S/c1-21(2)27(23,24)18-9-5-7-16(13-18)19(22)20-14-15-6-4-8-17(12-15)26-11-10-25-3/h4-9,12-13H,10-11,14H2,1-3H3,(H,20,22). The van der Waals surface area contributed by atoms with E-state index in [1.165, 1.54) is 26.2 Å². The highest BCUT2D eigenvalue weighted by atomic mass is 32.2. The maximum Gasteiger partial charge on any atom is 0.251 e. The molecular weight excluding hydrogens is 368 g/mol. The highest BCUT2D eigenvalue weighted by Crippen LogP contribution is 2.16. The number of benzene rings is 2. The van der Waals surface area contributed by atoms with E-state index >= 15 is 0 Å². The normalized spacial score (nSPS) is 11.4. The lowest BCUT2D eigenvalue weighted by molar-refractivity contribution is 0.0950. The molecule has 0 saturated carbocycles. The maximum absolute atomic E-state index is 12.4. The molecule has 0 aliphatic carbocycles. The van der Waals surface area contributed by atoms with Crippen LogP contribution in [0.4, 0.5) is 0 Å². The van der Waals surface area contributed by atoms with E-state index < -0.39 is 10.0 Å². The minimum atomic E-state index is -3.59. The first-order valence-corrected chi connectivity index (χ1v) is 9.80. The number of amides is 1. The second-order valence-electron chi connectivity index (χ2n) is 5.99. The molecule has 0 spiro atoms. The fourth-order valence-electron chi connectivity index (χ4n) is 2.28. The van der Waals surface area contributed by atoms with Gasteiger partial charge in [-0.25, -0.2) is 12.7 Å². The first-order valence-electron chi connectivity index (χ1n) is 8.36. The van der Waals surface area contributed by atoms with Crippen molar-refractivity contribution in [2.24, 2.45) is 0 Å². The summed E-state index contributed by atoms with van der Waals surface area (Å²) in [5, 5.41) is 2.79. The summed E-state index contributed by atoms with van der Waals surface area (Å²) in [7, 11) is 0.911. The summed E-state index contributed by atoms with van der Waals surface area (Å²) in [6.45, 7) is 1.23. The Morgan fingerprint density at radius 1 is 1.07 bits per heavy atom. The van der Waals surface area contributed by atoms with Gasteiger partial charge < -0.3 is 14.8 Å². The zero-order valence-electron chi connectivity index (χ0n) is 15.6. The molecule has 0 aliphatic heterocycles. The number of carbonyl (C=O) groups excluding carboxylic acids is 1. The highest BCUT2D eigenvalue weighted by Gasteiger charge is 2.18. The van der Waals surface area contributed by atoms with E-state index in [9.17, 15) is 13.2 Å². The minimum absolute atomic E-state index is 0.0775. The van der Waals surface area contributed by atoms with E-state index in [1.54, 1.807) is 19.2 Å². The van der Waals surface area contributed by atoms with Crippen LogP contribution in [0.2, 0.25) is 0 Å². The summed E-state index contributed by atoms with van der Waals surface area (Å²) >= 11 is 0. The van der Waals surface area contributed by atoms with Crippen LogP contribution in [0.15, 0.2) is 53.4 Å². The summed E-state index contributed by atoms with van der Waals surface area (Å²) in [5.41, 5.74) is 1.15. The average molecular weight is 392 g/mol. The van der Waals surface area contributed by atoms with Crippen molar-refractivity contribution in [2.45, 2.75) is 11.4 Å². The Hall–Kier alpha value is -2.42. The lowest BCUT2D eigenvalue weighted by Crippen LogP contribution is -2.25. The van der Waals surface area contributed by atoms with Crippen LogP contribution in [0.25, 0.3) is 0 Å². The van der Waals surface area contributed by atoms with Crippen molar-refractivity contribution in [3.8, 4) is 5.75 Å². The molecule has 0 saturated heterocycles. The molecule has 0 aliphatic rings. The van der Waals surface area contributed by atoms with Crippen molar-refractivity contribution in [1.82, 2.24) is 9.62 Å². The number of nitrogens with zero attached hydrogens (tertiary/aromatic N) is 1. The molecule has 0 unspecified atom stereocenters. The van der Waals surface area contributed by atoms with Gasteiger partial charge in [-0.15, -0.1) is 0 Å². The quantitative estimate of drug-likeness (QED) is 0.659. The third-order valence-corrected chi connectivity index (χ3v) is 5.59. The average Bonchev–Trinajstić information content (AvgIpc) is 2.66. The summed E-state index contributed by atoms with van der Waals surface area (Å²) < 4.78 is 36.0. The Balaban J connectivity index is 2.03. The second-order valence-corrected chi connectivity index (χ2v) is 8.14. The largest absolute Gasteiger partial charge is 0.491 e. The lowest BCUT2D eigenvalue weighted by Gasteiger charge is -2.12. The summed E-state index contributed by atoms with van der Waals surface area (Å²) in [4.78, 5) is 12.5. The van der Waals surface area contributed by atoms with Gasteiger partial charge >= 0.3 is 0 Å². The van der Waals surface area contributed by atoms with Gasteiger partial charge in [-0.3, -0.25) is 4.79 Å². The van der Waals surface area contributed by atoms with Crippen LogP contribution in [-0.4, -0.2) is 53.0 Å². The van der Waals surface area contributed by atoms with Crippen molar-refractivity contribution in [3.05, 3.63) is 59.7 Å². The Labute approximate surface area is 160 Å². The highest BCUT2D eigenvalue weighted by molar-refractivity contribution is 7.89. The van der Waals surface area contributed by atoms with Crippen LogP contribution in [-0.2, 0) is 21.3 Å². The Morgan fingerprint density at radius 2 is 1.81 bits per heavy atom. The van der Waals surface area contributed by atoms with Crippen LogP contribution in [0.5, 0.6) is 5.75 Å². The Morgan fingerprint density at radius 3 is 2.52 bits per heavy atom. The number of methoxy groups -OCH3 is 1. The van der Waals surface area contributed by atoms with E-state index in [2.05, 4.69) is 5.32 Å². The van der Waals surface area contributed by atoms with Crippen molar-refractivity contribution < 1.29 is 22.7 Å². The van der Waals surface area contributed by atoms with Gasteiger partial charge in [0, 0.05) is 33.3 Å². The molecule has 0 atom stereocenters. The molecule has 0 fully saturated rings. The van der Waals surface area contributed by atoms with Gasteiger partial charge in [0.2, 0.25) is 10.0 Å². The zero-order valence-corrected chi connectivity index (χ0v) is 16.5. The fraction of sp³-hybridized carbons (Fsp3) is 0.316. The molecule has 7 nitrogen and oxygen atoms in total. The number of hydrogen-bond donors (Lipinski definition) is 1. The molecule has 1 amide bonds. The molecule has 146 valence electrons. The number of rotatable bonds is 9. The van der Waals surface area contributed by atoms with E-state index in [4.69, 9.17) is 9.47 Å². The Kier molecular flexibility index (Phi) is 7.35. The predicted molar refractivity (Wildman–Crippen MR) is 102 cm³/mol. The number of nitrogens with one attached hydrogen (secondary N) is 1. The zero-order chi connectivity index (χ0) is 19.9. The molecule has 2 aromatic rings. The SMILES string of the molecule is COCCOc1cccc(CNC(=O)c2cccc(S(=O)(=O)N(C)C)c2)c1. The van der Waals surface area contributed by atoms with Gasteiger partial charge in [0.1, 0.15) is 12.4 Å². The van der Waals surface area contributed by atoms with Crippen LogP contribution in [0.1, 0.15) is 15.9 Å². The van der Waals surface area contributed by atoms with E-state index in [-0.39, 0.29) is 16.4 Å². The molecule has 2 rings (SSSR count). The molecule has 1 N–H and O–H groups in total. The van der Waals surface area contributed by atoms with Gasteiger partial charge in [-0.05, 0) is 35.9 Å². The van der Waals surface area contributed by atoms with Gasteiger partial charge in [0.15, 0.2) is 0 Å². The van der Waals surface area contributed by atoms with Crippen molar-refractivity contribution in [2.75, 3.05) is 34.4 Å². The minimum Gasteiger partial charge on any atom is -0.491 e. The predicted octanol–water partition coefficient (Wildman–Crippen LogP) is 1.89. The van der Waals surface area contributed by atoms with E-state index in [0.29, 0.717) is 25.5 Å². The number of hydrogen-bond acceptors (Lipinski definition) is 5. The van der Waals surface area contributed by atoms with Gasteiger partial charge in [-0.2, -0.15) is 0 Å². The van der Waals surface area contributed by atoms with E-state index in [0.717, 1.165) is 9.87 Å². The summed E-state index contributed by atoms with van der Waals surface area (Å²) in [6, 6.07) is 13.3. The van der Waals surface area contributed by atoms with Gasteiger partial charge in [0.05, 0.1) is 11.5 Å². The van der Waals surface area contributed by atoms with Crippen molar-refractivity contribution >= 4 is 15.9 Å². The fourth-order valence-corrected chi connectivity index (χ4v) is 3.23. The first kappa shape index (κ1) is 20.9. The number of ether oxygens (including phenoxy) is 2. The topological polar surface area (TPSA) is 84.9 Å². The lowest BCUT2D eigenvalue weighted by atomic mass is 10.2. The van der Waals surface area contributed by atoms with Crippen LogP contribution < -0.4 is 10.1 Å². The third kappa shape index (κ3) is 5.78. The van der Waals surface area contributed by atoms with Gasteiger partial charge in [0.25, 0.3) is 5.91 Å². The monoisotopic (exact) mass is 392 g/mol. The number of carbonyl (C=O) groups is 1. The molecule has 2 aromatic carbocycles. The van der Waals surface area contributed by atoms with Gasteiger partial charge in [-0.1, -0.05) is 18.2 Å². The van der Waals surface area contributed by atoms with Crippen LogP contribution in [0.3, 0.4) is 0 Å². The maximum atomic E-state index is 12.4. The van der Waals surface area contributed by atoms with Crippen molar-refractivity contribution in [3.63, 3.8) is 0 Å².